The molecule has 0 aliphatic heterocycles. The molecule has 43 heavy (non-hydrogen) atoms. The highest BCUT2D eigenvalue weighted by Crippen LogP contribution is 2.32. The third-order valence-electron chi connectivity index (χ3n) is 7.02. The molecule has 246 valence electrons. The van der Waals surface area contributed by atoms with Crippen LogP contribution in [-0.2, 0) is 16.5 Å². The Labute approximate surface area is 264 Å². The van der Waals surface area contributed by atoms with Gasteiger partial charge in [-0.25, -0.2) is 0 Å². The van der Waals surface area contributed by atoms with Crippen molar-refractivity contribution in [3.05, 3.63) is 59.7 Å². The second-order valence-electron chi connectivity index (χ2n) is 10.9. The van der Waals surface area contributed by atoms with Gasteiger partial charge in [-0.1, -0.05) is 140 Å². The van der Waals surface area contributed by atoms with Crippen molar-refractivity contribution in [3.8, 4) is 11.5 Å². The van der Waals surface area contributed by atoms with Gasteiger partial charge in [-0.3, -0.25) is 0 Å². The van der Waals surface area contributed by atoms with Gasteiger partial charge in [0.1, 0.15) is 11.5 Å². The second-order valence-corrected chi connectivity index (χ2v) is 13.1. The van der Waals surface area contributed by atoms with E-state index in [0.717, 1.165) is 30.6 Å². The Hall–Kier alpha value is -1.87. The van der Waals surface area contributed by atoms with Gasteiger partial charge in [0.2, 0.25) is 0 Å². The number of thiol groups is 1. The summed E-state index contributed by atoms with van der Waals surface area (Å²) in [5, 5.41) is 0. The minimum absolute atomic E-state index is 0.208. The lowest BCUT2D eigenvalue weighted by Gasteiger charge is -2.15. The van der Waals surface area contributed by atoms with E-state index < -0.39 is 15.6 Å². The number of benzene rings is 2. The van der Waals surface area contributed by atoms with Crippen molar-refractivity contribution in [3.63, 3.8) is 0 Å². The van der Waals surface area contributed by atoms with E-state index in [0.29, 0.717) is 17.9 Å². The molecule has 2 aromatic rings. The molecule has 0 aromatic heterocycles. The van der Waals surface area contributed by atoms with Crippen LogP contribution in [0.1, 0.15) is 128 Å². The Kier molecular flexibility index (Phi) is 21.4. The molecule has 0 spiro atoms. The fourth-order valence-electron chi connectivity index (χ4n) is 4.69. The molecule has 9 heteroatoms. The van der Waals surface area contributed by atoms with E-state index >= 15 is 0 Å². The lowest BCUT2D eigenvalue weighted by molar-refractivity contribution is -0.0500. The maximum Gasteiger partial charge on any atom is 0.534 e. The normalized spacial score (nSPS) is 11.6. The number of halogens is 3. The van der Waals surface area contributed by atoms with Gasteiger partial charge in [-0.15, -0.1) is 0 Å². The van der Waals surface area contributed by atoms with Crippen LogP contribution < -0.4 is 8.92 Å². The Morgan fingerprint density at radius 1 is 0.698 bits per heavy atom. The van der Waals surface area contributed by atoms with E-state index in [2.05, 4.69) is 23.7 Å². The zero-order valence-corrected chi connectivity index (χ0v) is 27.9. The van der Waals surface area contributed by atoms with E-state index in [-0.39, 0.29) is 12.2 Å². The quantitative estimate of drug-likeness (QED) is 0.0598. The Morgan fingerprint density at radius 2 is 1.16 bits per heavy atom. The average Bonchev–Trinajstić information content (AvgIpc) is 2.96. The first-order valence-electron chi connectivity index (χ1n) is 16.1. The minimum atomic E-state index is -5.76. The first kappa shape index (κ1) is 39.2. The van der Waals surface area contributed by atoms with Crippen LogP contribution in [0.25, 0.3) is 0 Å². The molecule has 0 N–H and O–H groups in total. The standard InChI is InChI=1S/C32H47F3O4S.C2H6S/c1-2-3-4-5-6-7-8-9-10-11-12-13-14-15-16-20-25-38-30-23-24-31(39-40(36,37)32(33,34)35)29(27-30)26-28-21-18-17-19-22-28;1-2-3/h17-19,21-24,27H,2-16,20,25-26H2,1H3;3H,2H2,1H3. The van der Waals surface area contributed by atoms with E-state index in [9.17, 15) is 21.6 Å². The lowest BCUT2D eigenvalue weighted by Crippen LogP contribution is -2.28. The van der Waals surface area contributed by atoms with Crippen LogP contribution in [0.2, 0.25) is 0 Å². The summed E-state index contributed by atoms with van der Waals surface area (Å²) in [4.78, 5) is 0. The third-order valence-corrected chi connectivity index (χ3v) is 7.98. The molecule has 0 atom stereocenters. The van der Waals surface area contributed by atoms with Crippen LogP contribution in [0.4, 0.5) is 13.2 Å². The van der Waals surface area contributed by atoms with Crippen LogP contribution in [-0.4, -0.2) is 26.3 Å². The highest BCUT2D eigenvalue weighted by molar-refractivity contribution is 7.88. The predicted octanol–water partition coefficient (Wildman–Crippen LogP) is 11.1. The maximum atomic E-state index is 12.9. The second kappa shape index (κ2) is 23.5. The zero-order valence-electron chi connectivity index (χ0n) is 26.2. The molecule has 0 bridgehead atoms. The Balaban J connectivity index is 0.00000295. The number of alkyl halides is 3. The van der Waals surface area contributed by atoms with Crippen LogP contribution in [0, 0.1) is 0 Å². The minimum Gasteiger partial charge on any atom is -0.494 e. The predicted molar refractivity (Wildman–Crippen MR) is 176 cm³/mol. The van der Waals surface area contributed by atoms with Crippen LogP contribution in [0.3, 0.4) is 0 Å². The first-order chi connectivity index (χ1) is 20.6. The van der Waals surface area contributed by atoms with Gasteiger partial charge < -0.3 is 8.92 Å². The van der Waals surface area contributed by atoms with E-state index in [4.69, 9.17) is 4.74 Å². The highest BCUT2D eigenvalue weighted by Gasteiger charge is 2.48. The molecule has 0 saturated heterocycles. The van der Waals surface area contributed by atoms with Gasteiger partial charge in [0.25, 0.3) is 0 Å². The molecule has 2 aromatic carbocycles. The monoisotopic (exact) mass is 646 g/mol. The highest BCUT2D eigenvalue weighted by atomic mass is 32.2. The van der Waals surface area contributed by atoms with Crippen molar-refractivity contribution in [2.45, 2.75) is 129 Å². The van der Waals surface area contributed by atoms with Crippen molar-refractivity contribution in [1.29, 1.82) is 0 Å². The molecule has 2 rings (SSSR count). The Morgan fingerprint density at radius 3 is 1.63 bits per heavy atom. The van der Waals surface area contributed by atoms with Crippen LogP contribution in [0.5, 0.6) is 11.5 Å². The van der Waals surface area contributed by atoms with E-state index in [1.54, 1.807) is 18.2 Å². The number of hydrogen-bond acceptors (Lipinski definition) is 5. The molecular formula is C34H53F3O4S2. The number of ether oxygens (including phenoxy) is 1. The summed E-state index contributed by atoms with van der Waals surface area (Å²) in [5.74, 6) is 1.07. The molecule has 0 unspecified atom stereocenters. The number of rotatable bonds is 22. The van der Waals surface area contributed by atoms with Crippen molar-refractivity contribution in [2.75, 3.05) is 12.4 Å². The lowest BCUT2D eigenvalue weighted by atomic mass is 10.0. The maximum absolute atomic E-state index is 12.9. The molecule has 0 amide bonds. The summed E-state index contributed by atoms with van der Waals surface area (Å²) in [6.45, 7) is 4.74. The number of hydrogen-bond donors (Lipinski definition) is 1. The number of unbranched alkanes of at least 4 members (excludes halogenated alkanes) is 15. The summed E-state index contributed by atoms with van der Waals surface area (Å²) in [7, 11) is -5.76. The van der Waals surface area contributed by atoms with Crippen molar-refractivity contribution in [1.82, 2.24) is 0 Å². The van der Waals surface area contributed by atoms with Gasteiger partial charge in [-0.05, 0) is 35.9 Å². The molecule has 0 heterocycles. The molecule has 4 nitrogen and oxygen atoms in total. The zero-order chi connectivity index (χ0) is 31.8. The van der Waals surface area contributed by atoms with Crippen molar-refractivity contribution in [2.24, 2.45) is 0 Å². The van der Waals surface area contributed by atoms with Gasteiger partial charge in [0.15, 0.2) is 0 Å². The molecule has 0 aliphatic carbocycles. The summed E-state index contributed by atoms with van der Waals surface area (Å²) in [6.07, 6.45) is 20.8. The fraction of sp³-hybridized carbons (Fsp3) is 0.647. The first-order valence-corrected chi connectivity index (χ1v) is 18.1. The van der Waals surface area contributed by atoms with Gasteiger partial charge in [0, 0.05) is 12.0 Å². The summed E-state index contributed by atoms with van der Waals surface area (Å²) in [6, 6.07) is 13.3. The summed E-state index contributed by atoms with van der Waals surface area (Å²) in [5.41, 5.74) is -4.38. The van der Waals surface area contributed by atoms with Gasteiger partial charge in [-0.2, -0.15) is 34.2 Å². The molecule has 0 radical (unpaired) electrons. The van der Waals surface area contributed by atoms with E-state index in [1.165, 1.54) is 95.6 Å². The molecule has 0 aliphatic rings. The van der Waals surface area contributed by atoms with Crippen LogP contribution >= 0.6 is 12.6 Å². The smallest absolute Gasteiger partial charge is 0.494 e. The third kappa shape index (κ3) is 18.5. The Bertz CT molecular complexity index is 1060. The van der Waals surface area contributed by atoms with Gasteiger partial charge in [0.05, 0.1) is 6.61 Å². The molecular weight excluding hydrogens is 593 g/mol. The largest absolute Gasteiger partial charge is 0.534 e. The topological polar surface area (TPSA) is 52.6 Å². The van der Waals surface area contributed by atoms with E-state index in [1.807, 2.05) is 25.1 Å². The van der Waals surface area contributed by atoms with Gasteiger partial charge >= 0.3 is 15.6 Å². The SMILES string of the molecule is CCCCCCCCCCCCCCCCCCOc1ccc(OS(=O)(=O)C(F)(F)F)c(Cc2ccccc2)c1.CCS. The molecule has 0 saturated carbocycles. The van der Waals surface area contributed by atoms with Crippen molar-refractivity contribution < 1.29 is 30.5 Å². The average molecular weight is 647 g/mol. The van der Waals surface area contributed by atoms with Crippen LogP contribution in [0.15, 0.2) is 48.5 Å². The summed E-state index contributed by atoms with van der Waals surface area (Å²) >= 11 is 3.79. The fourth-order valence-corrected chi connectivity index (χ4v) is 5.18. The van der Waals surface area contributed by atoms with Crippen molar-refractivity contribution >= 4 is 22.7 Å². The summed E-state index contributed by atoms with van der Waals surface area (Å²) < 4.78 is 72.1. The molecule has 0 fully saturated rings.